The van der Waals surface area contributed by atoms with Crippen LogP contribution in [0.5, 0.6) is 5.75 Å². The van der Waals surface area contributed by atoms with Crippen LogP contribution < -0.4 is 4.74 Å². The Labute approximate surface area is 194 Å². The van der Waals surface area contributed by atoms with E-state index in [0.717, 1.165) is 31.5 Å². The van der Waals surface area contributed by atoms with Gasteiger partial charge in [-0.05, 0) is 56.7 Å². The van der Waals surface area contributed by atoms with Crippen molar-refractivity contribution in [3.8, 4) is 5.75 Å². The number of benzene rings is 2. The van der Waals surface area contributed by atoms with Crippen LogP contribution in [-0.4, -0.2) is 66.9 Å². The summed E-state index contributed by atoms with van der Waals surface area (Å²) >= 11 is 6.08. The molecule has 32 heavy (non-hydrogen) atoms. The van der Waals surface area contributed by atoms with E-state index in [9.17, 15) is 9.59 Å². The Hall–Kier alpha value is -2.83. The normalized spacial score (nSPS) is 17.9. The molecule has 2 heterocycles. The third kappa shape index (κ3) is 4.25. The predicted molar refractivity (Wildman–Crippen MR) is 125 cm³/mol. The summed E-state index contributed by atoms with van der Waals surface area (Å²) in [6, 6.07) is 14.8. The van der Waals surface area contributed by atoms with Gasteiger partial charge >= 0.3 is 0 Å². The number of para-hydroxylation sites is 1. The molecule has 2 aliphatic rings. The molecule has 7 heteroatoms. The lowest BCUT2D eigenvalue weighted by atomic mass is 10.0. The van der Waals surface area contributed by atoms with E-state index in [1.807, 2.05) is 36.2 Å². The Balaban J connectivity index is 1.72. The molecule has 1 fully saturated rings. The first-order valence-corrected chi connectivity index (χ1v) is 11.2. The lowest BCUT2D eigenvalue weighted by Crippen LogP contribution is -2.43. The van der Waals surface area contributed by atoms with Gasteiger partial charge in [0.1, 0.15) is 11.4 Å². The van der Waals surface area contributed by atoms with Crippen LogP contribution in [0.25, 0.3) is 5.57 Å². The summed E-state index contributed by atoms with van der Waals surface area (Å²) in [6.07, 6.45) is 1.89. The van der Waals surface area contributed by atoms with E-state index in [2.05, 4.69) is 11.9 Å². The predicted octanol–water partition coefficient (Wildman–Crippen LogP) is 3.65. The fourth-order valence-electron chi connectivity index (χ4n) is 4.48. The Morgan fingerprint density at radius 3 is 2.34 bits per heavy atom. The molecule has 0 radical (unpaired) electrons. The number of nitrogens with zero attached hydrogens (tertiary/aromatic N) is 3. The molecule has 2 aromatic carbocycles. The van der Waals surface area contributed by atoms with Crippen LogP contribution in [0.2, 0.25) is 5.02 Å². The minimum atomic E-state index is -0.294. The molecule has 0 bridgehead atoms. The second-order valence-electron chi connectivity index (χ2n) is 8.38. The molecule has 2 aliphatic heterocycles. The summed E-state index contributed by atoms with van der Waals surface area (Å²) in [4.78, 5) is 32.9. The van der Waals surface area contributed by atoms with E-state index in [0.29, 0.717) is 27.6 Å². The molecule has 0 N–H and O–H groups in total. The number of hydrogen-bond donors (Lipinski definition) is 0. The summed E-state index contributed by atoms with van der Waals surface area (Å²) in [5.41, 5.74) is 2.38. The highest BCUT2D eigenvalue weighted by molar-refractivity contribution is 6.36. The molecule has 0 aliphatic carbocycles. The summed E-state index contributed by atoms with van der Waals surface area (Å²) in [5.74, 6) is 0.0866. The standard InChI is InChI=1S/C25H28ClN3O3/c1-27-14-12-20(13-15-27)28(2)23-22(17-8-10-19(26)11-9-17)24(30)29(25(23)31)16-18-6-4-5-7-21(18)32-3/h4-11,20H,12-16H2,1-3H3. The molecule has 6 nitrogen and oxygen atoms in total. The van der Waals surface area contributed by atoms with Gasteiger partial charge in [0, 0.05) is 23.7 Å². The molecule has 1 saturated heterocycles. The van der Waals surface area contributed by atoms with Gasteiger partial charge in [0.15, 0.2) is 0 Å². The minimum absolute atomic E-state index is 0.156. The maximum Gasteiger partial charge on any atom is 0.278 e. The van der Waals surface area contributed by atoms with Gasteiger partial charge in [0.25, 0.3) is 11.8 Å². The monoisotopic (exact) mass is 453 g/mol. The zero-order valence-electron chi connectivity index (χ0n) is 18.7. The maximum atomic E-state index is 13.6. The molecular weight excluding hydrogens is 426 g/mol. The smallest absolute Gasteiger partial charge is 0.278 e. The van der Waals surface area contributed by atoms with Crippen molar-refractivity contribution >= 4 is 29.0 Å². The number of carbonyl (C=O) groups excluding carboxylic acids is 2. The van der Waals surface area contributed by atoms with Crippen molar-refractivity contribution in [2.45, 2.75) is 25.4 Å². The second kappa shape index (κ2) is 9.35. The second-order valence-corrected chi connectivity index (χ2v) is 8.82. The van der Waals surface area contributed by atoms with Crippen LogP contribution >= 0.6 is 11.6 Å². The van der Waals surface area contributed by atoms with E-state index < -0.39 is 0 Å². The topological polar surface area (TPSA) is 53.1 Å². The van der Waals surface area contributed by atoms with E-state index in [-0.39, 0.29) is 24.4 Å². The highest BCUT2D eigenvalue weighted by atomic mass is 35.5. The maximum absolute atomic E-state index is 13.6. The van der Waals surface area contributed by atoms with Crippen LogP contribution in [0, 0.1) is 0 Å². The van der Waals surface area contributed by atoms with Crippen LogP contribution in [0.4, 0.5) is 0 Å². The van der Waals surface area contributed by atoms with Gasteiger partial charge in [-0.25, -0.2) is 0 Å². The average molecular weight is 454 g/mol. The summed E-state index contributed by atoms with van der Waals surface area (Å²) < 4.78 is 5.44. The SMILES string of the molecule is COc1ccccc1CN1C(=O)C(c2ccc(Cl)cc2)=C(N(C)C2CCN(C)CC2)C1=O. The Morgan fingerprint density at radius 1 is 1.03 bits per heavy atom. The number of rotatable bonds is 6. The Kier molecular flexibility index (Phi) is 6.53. The average Bonchev–Trinajstić information content (AvgIpc) is 3.05. The lowest BCUT2D eigenvalue weighted by molar-refractivity contribution is -0.138. The number of imide groups is 1. The van der Waals surface area contributed by atoms with E-state index in [1.165, 1.54) is 4.90 Å². The van der Waals surface area contributed by atoms with Crippen molar-refractivity contribution in [2.75, 3.05) is 34.3 Å². The number of piperidine rings is 1. The van der Waals surface area contributed by atoms with Crippen molar-refractivity contribution in [1.82, 2.24) is 14.7 Å². The van der Waals surface area contributed by atoms with Gasteiger partial charge in [-0.2, -0.15) is 0 Å². The third-order valence-corrected chi connectivity index (χ3v) is 6.64. The first-order chi connectivity index (χ1) is 15.4. The molecule has 0 spiro atoms. The van der Waals surface area contributed by atoms with Crippen LogP contribution in [0.15, 0.2) is 54.2 Å². The number of hydrogen-bond acceptors (Lipinski definition) is 5. The molecule has 2 aromatic rings. The Morgan fingerprint density at radius 2 is 1.69 bits per heavy atom. The van der Waals surface area contributed by atoms with E-state index >= 15 is 0 Å². The van der Waals surface area contributed by atoms with Gasteiger partial charge in [-0.1, -0.05) is 41.9 Å². The molecule has 2 amide bonds. The fourth-order valence-corrected chi connectivity index (χ4v) is 4.61. The fraction of sp³-hybridized carbons (Fsp3) is 0.360. The third-order valence-electron chi connectivity index (χ3n) is 6.39. The number of likely N-dealkylation sites (N-methyl/N-ethyl adjacent to an activating group) is 1. The lowest BCUT2D eigenvalue weighted by Gasteiger charge is -2.36. The van der Waals surface area contributed by atoms with Gasteiger partial charge < -0.3 is 14.5 Å². The van der Waals surface area contributed by atoms with Gasteiger partial charge in [0.05, 0.1) is 19.2 Å². The first kappa shape index (κ1) is 22.4. The van der Waals surface area contributed by atoms with Crippen molar-refractivity contribution in [3.05, 3.63) is 70.4 Å². The zero-order valence-corrected chi connectivity index (χ0v) is 19.4. The Bertz CT molecular complexity index is 1040. The van der Waals surface area contributed by atoms with Gasteiger partial charge in [-0.15, -0.1) is 0 Å². The van der Waals surface area contributed by atoms with Crippen LogP contribution in [-0.2, 0) is 16.1 Å². The highest BCUT2D eigenvalue weighted by Crippen LogP contribution is 2.35. The molecular formula is C25H28ClN3O3. The van der Waals surface area contributed by atoms with Crippen LogP contribution in [0.1, 0.15) is 24.0 Å². The molecule has 0 aromatic heterocycles. The molecule has 0 unspecified atom stereocenters. The number of likely N-dealkylation sites (tertiary alicyclic amines) is 1. The summed E-state index contributed by atoms with van der Waals surface area (Å²) in [5, 5.41) is 0.585. The number of carbonyl (C=O) groups is 2. The van der Waals surface area contributed by atoms with Crippen molar-refractivity contribution in [3.63, 3.8) is 0 Å². The number of methoxy groups -OCH3 is 1. The van der Waals surface area contributed by atoms with Crippen molar-refractivity contribution < 1.29 is 14.3 Å². The number of amides is 2. The van der Waals surface area contributed by atoms with Gasteiger partial charge in [-0.3, -0.25) is 14.5 Å². The molecule has 0 atom stereocenters. The molecule has 0 saturated carbocycles. The number of halogens is 1. The molecule has 4 rings (SSSR count). The largest absolute Gasteiger partial charge is 0.496 e. The highest BCUT2D eigenvalue weighted by Gasteiger charge is 2.42. The van der Waals surface area contributed by atoms with Crippen molar-refractivity contribution in [1.29, 1.82) is 0 Å². The zero-order chi connectivity index (χ0) is 22.8. The van der Waals surface area contributed by atoms with Crippen LogP contribution in [0.3, 0.4) is 0 Å². The summed E-state index contributed by atoms with van der Waals surface area (Å²) in [6.45, 7) is 2.08. The van der Waals surface area contributed by atoms with Crippen molar-refractivity contribution in [2.24, 2.45) is 0 Å². The minimum Gasteiger partial charge on any atom is -0.496 e. The van der Waals surface area contributed by atoms with E-state index in [4.69, 9.17) is 16.3 Å². The first-order valence-electron chi connectivity index (χ1n) is 10.8. The summed E-state index contributed by atoms with van der Waals surface area (Å²) in [7, 11) is 5.62. The van der Waals surface area contributed by atoms with E-state index in [1.54, 1.807) is 31.4 Å². The number of ether oxygens (including phenoxy) is 1. The van der Waals surface area contributed by atoms with Gasteiger partial charge in [0.2, 0.25) is 0 Å². The molecule has 168 valence electrons. The quantitative estimate of drug-likeness (QED) is 0.625.